The van der Waals surface area contributed by atoms with Crippen LogP contribution in [0.4, 0.5) is 0 Å². The lowest BCUT2D eigenvalue weighted by Crippen LogP contribution is -1.88. The highest BCUT2D eigenvalue weighted by molar-refractivity contribution is 8.08. The van der Waals surface area contributed by atoms with Gasteiger partial charge in [0.1, 0.15) is 0 Å². The molecule has 0 aliphatic carbocycles. The third-order valence-electron chi connectivity index (χ3n) is 3.02. The Morgan fingerprint density at radius 3 is 2.67 bits per heavy atom. The van der Waals surface area contributed by atoms with Crippen molar-refractivity contribution in [3.8, 4) is 0 Å². The van der Waals surface area contributed by atoms with Crippen molar-refractivity contribution in [1.82, 2.24) is 0 Å². The molecule has 2 heterocycles. The molecule has 2 heteroatoms. The number of thiophene rings is 1. The van der Waals surface area contributed by atoms with E-state index in [1.807, 2.05) is 23.1 Å². The van der Waals surface area contributed by atoms with Gasteiger partial charge in [0.25, 0.3) is 0 Å². The van der Waals surface area contributed by atoms with Gasteiger partial charge in [0.05, 0.1) is 4.91 Å². The Morgan fingerprint density at radius 1 is 1.06 bits per heavy atom. The fraction of sp³-hybridized carbons (Fsp3) is 0.188. The number of thioether (sulfide) groups is 1. The normalized spacial score (nSPS) is 13.4. The second-order valence-corrected chi connectivity index (χ2v) is 6.96. The van der Waals surface area contributed by atoms with Gasteiger partial charge in [0.15, 0.2) is 0 Å². The minimum absolute atomic E-state index is 1.23. The molecule has 3 rings (SSSR count). The summed E-state index contributed by atoms with van der Waals surface area (Å²) in [5, 5.41) is 0. The molecule has 0 N–H and O–H groups in total. The summed E-state index contributed by atoms with van der Waals surface area (Å²) in [6.45, 7) is 6.47. The molecular formula is C16H14S2. The monoisotopic (exact) mass is 270 g/mol. The summed E-state index contributed by atoms with van der Waals surface area (Å²) in [5.74, 6) is 0. The van der Waals surface area contributed by atoms with Crippen LogP contribution in [0.25, 0.3) is 11.0 Å². The van der Waals surface area contributed by atoms with E-state index in [1.165, 1.54) is 36.2 Å². The summed E-state index contributed by atoms with van der Waals surface area (Å²) >= 11 is 3.68. The maximum absolute atomic E-state index is 3.43. The molecule has 0 saturated carbocycles. The average Bonchev–Trinajstić information content (AvgIpc) is 2.68. The van der Waals surface area contributed by atoms with Gasteiger partial charge in [0, 0.05) is 14.6 Å². The number of fused-ring (bicyclic) bond motifs is 1. The zero-order valence-corrected chi connectivity index (χ0v) is 12.3. The van der Waals surface area contributed by atoms with E-state index in [-0.39, 0.29) is 0 Å². The second kappa shape index (κ2) is 4.47. The molecule has 18 heavy (non-hydrogen) atoms. The van der Waals surface area contributed by atoms with Crippen molar-refractivity contribution >= 4 is 34.1 Å². The SMILES string of the molecule is Cc1ccc(C2=C=Cc3sc(C)cc3S2)c(C)c1. The Labute approximate surface area is 116 Å². The smallest absolute Gasteiger partial charge is 0.0616 e. The van der Waals surface area contributed by atoms with Crippen molar-refractivity contribution in [1.29, 1.82) is 0 Å². The van der Waals surface area contributed by atoms with Gasteiger partial charge >= 0.3 is 0 Å². The molecular weight excluding hydrogens is 256 g/mol. The first kappa shape index (κ1) is 11.9. The van der Waals surface area contributed by atoms with Crippen molar-refractivity contribution in [2.45, 2.75) is 25.7 Å². The van der Waals surface area contributed by atoms with Gasteiger partial charge in [-0.3, -0.25) is 0 Å². The summed E-state index contributed by atoms with van der Waals surface area (Å²) in [6, 6.07) is 8.88. The summed E-state index contributed by atoms with van der Waals surface area (Å²) in [4.78, 5) is 5.31. The molecule has 0 saturated heterocycles. The first-order valence-electron chi connectivity index (χ1n) is 5.96. The Morgan fingerprint density at radius 2 is 1.89 bits per heavy atom. The number of aryl methyl sites for hydroxylation is 3. The molecule has 1 aliphatic rings. The van der Waals surface area contributed by atoms with E-state index in [9.17, 15) is 0 Å². The minimum atomic E-state index is 1.23. The fourth-order valence-electron chi connectivity index (χ4n) is 2.16. The molecule has 0 radical (unpaired) electrons. The van der Waals surface area contributed by atoms with E-state index in [0.717, 1.165) is 0 Å². The average molecular weight is 270 g/mol. The topological polar surface area (TPSA) is 0 Å². The fourth-order valence-corrected chi connectivity index (χ4v) is 4.36. The van der Waals surface area contributed by atoms with Crippen molar-refractivity contribution in [2.75, 3.05) is 0 Å². The number of hydrogen-bond donors (Lipinski definition) is 0. The maximum Gasteiger partial charge on any atom is 0.0616 e. The van der Waals surface area contributed by atoms with Crippen LogP contribution in [0.3, 0.4) is 0 Å². The van der Waals surface area contributed by atoms with Gasteiger partial charge in [-0.2, -0.15) is 0 Å². The van der Waals surface area contributed by atoms with Gasteiger partial charge in [-0.1, -0.05) is 35.5 Å². The van der Waals surface area contributed by atoms with Crippen molar-refractivity contribution < 1.29 is 0 Å². The minimum Gasteiger partial charge on any atom is -0.139 e. The van der Waals surface area contributed by atoms with Crippen LogP contribution in [-0.2, 0) is 0 Å². The van der Waals surface area contributed by atoms with Crippen molar-refractivity contribution in [3.63, 3.8) is 0 Å². The first-order valence-corrected chi connectivity index (χ1v) is 7.59. The third kappa shape index (κ3) is 2.08. The molecule has 90 valence electrons. The maximum atomic E-state index is 3.43. The second-order valence-electron chi connectivity index (χ2n) is 4.62. The third-order valence-corrected chi connectivity index (χ3v) is 5.25. The Balaban J connectivity index is 2.05. The van der Waals surface area contributed by atoms with Gasteiger partial charge in [-0.05, 0) is 44.0 Å². The van der Waals surface area contributed by atoms with Crippen LogP contribution in [0.15, 0.2) is 34.9 Å². The van der Waals surface area contributed by atoms with Crippen LogP contribution in [0.1, 0.15) is 26.4 Å². The Bertz CT molecular complexity index is 683. The number of benzene rings is 1. The summed E-state index contributed by atoms with van der Waals surface area (Å²) < 4.78 is 0. The molecule has 2 aromatic rings. The van der Waals surface area contributed by atoms with E-state index in [2.05, 4.69) is 56.8 Å². The quantitative estimate of drug-likeness (QED) is 0.622. The van der Waals surface area contributed by atoms with E-state index in [0.29, 0.717) is 0 Å². The van der Waals surface area contributed by atoms with Crippen LogP contribution in [-0.4, -0.2) is 0 Å². The lowest BCUT2D eigenvalue weighted by Gasteiger charge is -2.11. The molecule has 0 nitrogen and oxygen atoms in total. The molecule has 0 unspecified atom stereocenters. The Hall–Kier alpha value is -1.21. The van der Waals surface area contributed by atoms with Crippen LogP contribution < -0.4 is 0 Å². The summed E-state index contributed by atoms with van der Waals surface area (Å²) in [7, 11) is 0. The summed E-state index contributed by atoms with van der Waals surface area (Å²) in [6.07, 6.45) is 2.12. The van der Waals surface area contributed by atoms with Crippen LogP contribution in [0.2, 0.25) is 0 Å². The Kier molecular flexibility index (Phi) is 2.95. The molecule has 1 aliphatic heterocycles. The summed E-state index contributed by atoms with van der Waals surface area (Å²) in [5.41, 5.74) is 7.37. The highest BCUT2D eigenvalue weighted by atomic mass is 32.2. The zero-order valence-electron chi connectivity index (χ0n) is 10.7. The molecule has 0 atom stereocenters. The molecule has 0 bridgehead atoms. The lowest BCUT2D eigenvalue weighted by atomic mass is 10.1. The number of hydrogen-bond acceptors (Lipinski definition) is 2. The predicted octanol–water partition coefficient (Wildman–Crippen LogP) is 5.43. The van der Waals surface area contributed by atoms with E-state index >= 15 is 0 Å². The van der Waals surface area contributed by atoms with Gasteiger partial charge < -0.3 is 0 Å². The van der Waals surface area contributed by atoms with E-state index in [1.54, 1.807) is 0 Å². The van der Waals surface area contributed by atoms with Crippen molar-refractivity contribution in [3.05, 3.63) is 56.4 Å². The van der Waals surface area contributed by atoms with Gasteiger partial charge in [-0.15, -0.1) is 17.1 Å². The molecule has 0 spiro atoms. The van der Waals surface area contributed by atoms with Crippen molar-refractivity contribution in [2.24, 2.45) is 0 Å². The zero-order chi connectivity index (χ0) is 12.7. The van der Waals surface area contributed by atoms with Crippen LogP contribution >= 0.6 is 23.1 Å². The van der Waals surface area contributed by atoms with E-state index < -0.39 is 0 Å². The van der Waals surface area contributed by atoms with E-state index in [4.69, 9.17) is 0 Å². The largest absolute Gasteiger partial charge is 0.139 e. The highest BCUT2D eigenvalue weighted by Crippen LogP contribution is 2.43. The highest BCUT2D eigenvalue weighted by Gasteiger charge is 2.14. The molecule has 0 amide bonds. The van der Waals surface area contributed by atoms with Crippen LogP contribution in [0, 0.1) is 20.8 Å². The van der Waals surface area contributed by atoms with Crippen LogP contribution in [0.5, 0.6) is 0 Å². The number of rotatable bonds is 1. The van der Waals surface area contributed by atoms with Gasteiger partial charge in [-0.25, -0.2) is 0 Å². The lowest BCUT2D eigenvalue weighted by molar-refractivity contribution is 1.36. The first-order chi connectivity index (χ1) is 8.63. The van der Waals surface area contributed by atoms with Gasteiger partial charge in [0.2, 0.25) is 0 Å². The molecule has 1 aromatic carbocycles. The molecule has 0 fully saturated rings. The predicted molar refractivity (Wildman–Crippen MR) is 82.2 cm³/mol. The molecule has 1 aromatic heterocycles. The standard InChI is InChI=1S/C16H14S2/c1-10-4-5-13(11(2)8-10)14-6-7-15-16(18-14)9-12(3)17-15/h4-5,7-9H,1-3H3.